The predicted octanol–water partition coefficient (Wildman–Crippen LogP) is 2.90. The Morgan fingerprint density at radius 3 is 2.67 bits per heavy atom. The van der Waals surface area contributed by atoms with Crippen LogP contribution in [-0.2, 0) is 0 Å². The topological polar surface area (TPSA) is 73.8 Å². The van der Waals surface area contributed by atoms with E-state index in [0.717, 1.165) is 12.3 Å². The maximum absolute atomic E-state index is 12.4. The van der Waals surface area contributed by atoms with Crippen molar-refractivity contribution in [2.24, 2.45) is 0 Å². The van der Waals surface area contributed by atoms with Crippen LogP contribution in [0.3, 0.4) is 0 Å². The normalized spacial score (nSPS) is 10.9. The van der Waals surface area contributed by atoms with Crippen molar-refractivity contribution in [2.75, 3.05) is 0 Å². The van der Waals surface area contributed by atoms with E-state index in [1.54, 1.807) is 0 Å². The Hall–Kier alpha value is -2.09. The second-order valence-corrected chi connectivity index (χ2v) is 3.60. The minimum atomic E-state index is -2.82. The van der Waals surface area contributed by atoms with E-state index in [4.69, 9.17) is 11.6 Å². The molecular weight excluding hydrogens is 270 g/mol. The van der Waals surface area contributed by atoms with E-state index >= 15 is 0 Å². The Morgan fingerprint density at radius 1 is 1.39 bits per heavy atom. The summed E-state index contributed by atoms with van der Waals surface area (Å²) in [5.41, 5.74) is -0.532. The summed E-state index contributed by atoms with van der Waals surface area (Å²) in [6.07, 6.45) is 1.01. The van der Waals surface area contributed by atoms with E-state index in [-0.39, 0.29) is 22.2 Å². The molecule has 0 bridgehead atoms. The molecule has 2 heterocycles. The average molecular weight is 275 g/mol. The summed E-state index contributed by atoms with van der Waals surface area (Å²) in [6, 6.07) is 3.59. The maximum atomic E-state index is 12.4. The summed E-state index contributed by atoms with van der Waals surface area (Å²) in [5, 5.41) is 14.3. The number of nitro groups is 1. The molecule has 0 N–H and O–H groups in total. The molecule has 6 nitrogen and oxygen atoms in total. The van der Waals surface area contributed by atoms with Crippen LogP contribution in [0.4, 0.5) is 14.5 Å². The van der Waals surface area contributed by atoms with Gasteiger partial charge in [-0.15, -0.1) is 0 Å². The third kappa shape index (κ3) is 2.28. The monoisotopic (exact) mass is 274 g/mol. The van der Waals surface area contributed by atoms with Gasteiger partial charge in [-0.2, -0.15) is 13.9 Å². The Labute approximate surface area is 104 Å². The molecule has 0 spiro atoms. The van der Waals surface area contributed by atoms with Crippen LogP contribution in [0.2, 0.25) is 5.15 Å². The van der Waals surface area contributed by atoms with Crippen LogP contribution >= 0.6 is 11.6 Å². The van der Waals surface area contributed by atoms with E-state index in [1.165, 1.54) is 12.1 Å². The van der Waals surface area contributed by atoms with Crippen LogP contribution in [0.1, 0.15) is 6.55 Å². The molecule has 0 radical (unpaired) electrons. The van der Waals surface area contributed by atoms with E-state index in [1.807, 2.05) is 0 Å². The number of hydrogen-bond donors (Lipinski definition) is 0. The molecule has 0 aliphatic rings. The fourth-order valence-electron chi connectivity index (χ4n) is 1.34. The zero-order valence-corrected chi connectivity index (χ0v) is 9.38. The fourth-order valence-corrected chi connectivity index (χ4v) is 1.48. The highest BCUT2D eigenvalue weighted by Gasteiger charge is 2.20. The number of pyridine rings is 1. The van der Waals surface area contributed by atoms with Crippen molar-refractivity contribution in [2.45, 2.75) is 6.55 Å². The summed E-state index contributed by atoms with van der Waals surface area (Å²) in [4.78, 5) is 13.8. The van der Waals surface area contributed by atoms with Crippen LogP contribution in [0.25, 0.3) is 11.4 Å². The molecule has 0 saturated heterocycles. The molecule has 0 amide bonds. The highest BCUT2D eigenvalue weighted by molar-refractivity contribution is 6.29. The lowest BCUT2D eigenvalue weighted by atomic mass is 10.2. The number of alkyl halides is 2. The molecule has 2 aromatic heterocycles. The molecule has 2 aromatic rings. The van der Waals surface area contributed by atoms with E-state index in [0.29, 0.717) is 4.68 Å². The fraction of sp³-hybridized carbons (Fsp3) is 0.111. The van der Waals surface area contributed by atoms with Gasteiger partial charge in [-0.05, 0) is 12.1 Å². The summed E-state index contributed by atoms with van der Waals surface area (Å²) in [6.45, 7) is -2.82. The number of halogens is 3. The first-order chi connectivity index (χ1) is 8.49. The van der Waals surface area contributed by atoms with Crippen molar-refractivity contribution < 1.29 is 13.7 Å². The smallest absolute Gasteiger partial charge is 0.258 e. The lowest BCUT2D eigenvalue weighted by molar-refractivity contribution is -0.384. The quantitative estimate of drug-likeness (QED) is 0.490. The summed E-state index contributed by atoms with van der Waals surface area (Å²) < 4.78 is 25.1. The lowest BCUT2D eigenvalue weighted by Gasteiger charge is -2.00. The van der Waals surface area contributed by atoms with Crippen LogP contribution in [0.5, 0.6) is 0 Å². The third-order valence-corrected chi connectivity index (χ3v) is 2.30. The van der Waals surface area contributed by atoms with Crippen molar-refractivity contribution in [3.63, 3.8) is 0 Å². The molecule has 0 unspecified atom stereocenters. The summed E-state index contributed by atoms with van der Waals surface area (Å²) in [7, 11) is 0. The molecule has 9 heteroatoms. The number of rotatable bonds is 3. The van der Waals surface area contributed by atoms with Crippen molar-refractivity contribution >= 4 is 17.3 Å². The van der Waals surface area contributed by atoms with E-state index in [9.17, 15) is 18.9 Å². The van der Waals surface area contributed by atoms with Gasteiger partial charge in [0, 0.05) is 12.3 Å². The van der Waals surface area contributed by atoms with Crippen molar-refractivity contribution in [1.82, 2.24) is 14.8 Å². The second kappa shape index (κ2) is 4.65. The molecular formula is C9H5ClF2N4O2. The number of hydrogen-bond acceptors (Lipinski definition) is 4. The zero-order valence-electron chi connectivity index (χ0n) is 8.63. The summed E-state index contributed by atoms with van der Waals surface area (Å²) >= 11 is 5.62. The molecule has 2 rings (SSSR count). The van der Waals surface area contributed by atoms with E-state index in [2.05, 4.69) is 10.1 Å². The van der Waals surface area contributed by atoms with Gasteiger partial charge in [-0.3, -0.25) is 10.1 Å². The number of aromatic nitrogens is 3. The highest BCUT2D eigenvalue weighted by Crippen LogP contribution is 2.28. The minimum Gasteiger partial charge on any atom is -0.258 e. The standard InChI is InChI=1S/C9H5ClF2N4O2/c10-7-2-1-6(16(17)18)8(13-7)5-3-4-15(14-5)9(11)12/h1-4,9H. The van der Waals surface area contributed by atoms with Gasteiger partial charge in [0.1, 0.15) is 10.8 Å². The Morgan fingerprint density at radius 2 is 2.11 bits per heavy atom. The molecule has 18 heavy (non-hydrogen) atoms. The van der Waals surface area contributed by atoms with Gasteiger partial charge in [-0.25, -0.2) is 9.67 Å². The molecule has 0 saturated carbocycles. The summed E-state index contributed by atoms with van der Waals surface area (Å²) in [5.74, 6) is 0. The van der Waals surface area contributed by atoms with Crippen LogP contribution in [0, 0.1) is 10.1 Å². The first-order valence-electron chi connectivity index (χ1n) is 4.63. The first-order valence-corrected chi connectivity index (χ1v) is 5.01. The van der Waals surface area contributed by atoms with Gasteiger partial charge in [0.15, 0.2) is 5.69 Å². The molecule has 0 aliphatic heterocycles. The van der Waals surface area contributed by atoms with Gasteiger partial charge in [0.05, 0.1) is 4.92 Å². The Kier molecular flexibility index (Phi) is 3.19. The molecule has 0 aromatic carbocycles. The maximum Gasteiger partial charge on any atom is 0.333 e. The SMILES string of the molecule is O=[N+]([O-])c1ccc(Cl)nc1-c1ccn(C(F)F)n1. The lowest BCUT2D eigenvalue weighted by Crippen LogP contribution is -2.00. The Balaban J connectivity index is 2.54. The predicted molar refractivity (Wildman–Crippen MR) is 58.4 cm³/mol. The number of nitrogens with zero attached hydrogens (tertiary/aromatic N) is 4. The van der Waals surface area contributed by atoms with Crippen molar-refractivity contribution in [3.05, 3.63) is 39.7 Å². The van der Waals surface area contributed by atoms with Gasteiger partial charge < -0.3 is 0 Å². The van der Waals surface area contributed by atoms with Crippen LogP contribution < -0.4 is 0 Å². The average Bonchev–Trinajstić information content (AvgIpc) is 2.77. The van der Waals surface area contributed by atoms with Crippen molar-refractivity contribution in [3.8, 4) is 11.4 Å². The van der Waals surface area contributed by atoms with Gasteiger partial charge in [0.25, 0.3) is 5.69 Å². The largest absolute Gasteiger partial charge is 0.333 e. The Bertz CT molecular complexity index is 602. The van der Waals surface area contributed by atoms with Gasteiger partial charge in [-0.1, -0.05) is 11.6 Å². The third-order valence-electron chi connectivity index (χ3n) is 2.09. The molecule has 0 fully saturated rings. The zero-order chi connectivity index (χ0) is 13.3. The molecule has 94 valence electrons. The molecule has 0 aliphatic carbocycles. The van der Waals surface area contributed by atoms with Crippen molar-refractivity contribution in [1.29, 1.82) is 0 Å². The second-order valence-electron chi connectivity index (χ2n) is 3.22. The van der Waals surface area contributed by atoms with Crippen LogP contribution in [-0.4, -0.2) is 19.7 Å². The minimum absolute atomic E-state index is 0.0159. The highest BCUT2D eigenvalue weighted by atomic mass is 35.5. The van der Waals surface area contributed by atoms with Crippen LogP contribution in [0.15, 0.2) is 24.4 Å². The first kappa shape index (κ1) is 12.4. The van der Waals surface area contributed by atoms with Gasteiger partial charge >= 0.3 is 6.55 Å². The van der Waals surface area contributed by atoms with Gasteiger partial charge in [0.2, 0.25) is 0 Å². The van der Waals surface area contributed by atoms with E-state index < -0.39 is 11.5 Å². The molecule has 0 atom stereocenters.